The highest BCUT2D eigenvalue weighted by Crippen LogP contribution is 2.36. The molecule has 0 aromatic heterocycles. The second kappa shape index (κ2) is 8.31. The van der Waals surface area contributed by atoms with Gasteiger partial charge in [0, 0.05) is 16.8 Å². The number of nitrogens with one attached hydrogen (secondary N) is 1. The lowest BCUT2D eigenvalue weighted by Gasteiger charge is -2.14. The maximum atomic E-state index is 12.5. The first-order valence-corrected chi connectivity index (χ1v) is 10.0. The van der Waals surface area contributed by atoms with Gasteiger partial charge in [-0.3, -0.25) is 4.79 Å². The van der Waals surface area contributed by atoms with Crippen molar-refractivity contribution in [3.63, 3.8) is 0 Å². The smallest absolute Gasteiger partial charge is 0.265 e. The van der Waals surface area contributed by atoms with Gasteiger partial charge in [0.25, 0.3) is 5.91 Å². The molecule has 0 atom stereocenters. The van der Waals surface area contributed by atoms with Crippen molar-refractivity contribution in [1.29, 1.82) is 0 Å². The van der Waals surface area contributed by atoms with Gasteiger partial charge in [-0.15, -0.1) is 0 Å². The quantitative estimate of drug-likeness (QED) is 0.465. The first-order valence-electron chi connectivity index (χ1n) is 10.0. The molecule has 4 heteroatoms. The summed E-state index contributed by atoms with van der Waals surface area (Å²) in [5, 5.41) is 7.34. The van der Waals surface area contributed by atoms with E-state index in [2.05, 4.69) is 36.5 Å². The lowest BCUT2D eigenvalue weighted by Crippen LogP contribution is -2.19. The predicted octanol–water partition coefficient (Wildman–Crippen LogP) is 5.20. The Bertz CT molecular complexity index is 1020. The molecule has 0 unspecified atom stereocenters. The lowest BCUT2D eigenvalue weighted by molar-refractivity contribution is -0.120. The highest BCUT2D eigenvalue weighted by molar-refractivity contribution is 6.24. The Hall–Kier alpha value is -3.40. The molecule has 146 valence electrons. The molecule has 4 rings (SSSR count). The van der Waals surface area contributed by atoms with E-state index in [1.807, 2.05) is 54.6 Å². The molecule has 0 spiro atoms. The molecule has 0 fully saturated rings. The third kappa shape index (κ3) is 3.66. The van der Waals surface area contributed by atoms with Crippen LogP contribution in [0, 0.1) is 0 Å². The summed E-state index contributed by atoms with van der Waals surface area (Å²) in [5.41, 5.74) is 8.25. The van der Waals surface area contributed by atoms with E-state index in [0.717, 1.165) is 57.6 Å². The largest absolute Gasteiger partial charge is 0.385 e. The van der Waals surface area contributed by atoms with Gasteiger partial charge in [-0.2, -0.15) is 0 Å². The highest BCUT2D eigenvalue weighted by Gasteiger charge is 2.24. The number of oxime groups is 1. The van der Waals surface area contributed by atoms with Crippen LogP contribution in [0.2, 0.25) is 0 Å². The molecule has 3 aromatic carbocycles. The van der Waals surface area contributed by atoms with Gasteiger partial charge in [0.15, 0.2) is 6.61 Å². The standard InChI is InChI=1S/C25H24N2O2/c1-3-17-10-9-11-18(4-2)24(17)26-23(28)16-29-27-25-21-14-7-5-12-19(21)20-13-6-8-15-22(20)25/h5-15H,3-4,16H2,1-2H3,(H,26,28). The number of carbonyl (C=O) groups is 1. The van der Waals surface area contributed by atoms with Crippen LogP contribution >= 0.6 is 0 Å². The van der Waals surface area contributed by atoms with Gasteiger partial charge < -0.3 is 10.2 Å². The van der Waals surface area contributed by atoms with Gasteiger partial charge in [0.1, 0.15) is 5.71 Å². The number of rotatable bonds is 6. The van der Waals surface area contributed by atoms with Crippen molar-refractivity contribution in [3.8, 4) is 11.1 Å². The number of benzene rings is 3. The third-order valence-corrected chi connectivity index (χ3v) is 5.27. The molecule has 0 bridgehead atoms. The number of nitrogens with zero attached hydrogens (tertiary/aromatic N) is 1. The Morgan fingerprint density at radius 2 is 1.31 bits per heavy atom. The molecule has 29 heavy (non-hydrogen) atoms. The zero-order valence-corrected chi connectivity index (χ0v) is 16.7. The summed E-state index contributed by atoms with van der Waals surface area (Å²) >= 11 is 0. The van der Waals surface area contributed by atoms with Crippen molar-refractivity contribution in [2.24, 2.45) is 5.16 Å². The normalized spacial score (nSPS) is 11.6. The Kier molecular flexibility index (Phi) is 5.43. The maximum absolute atomic E-state index is 12.5. The SMILES string of the molecule is CCc1cccc(CC)c1NC(=O)CON=C1c2ccccc2-c2ccccc21. The van der Waals surface area contributed by atoms with Crippen LogP contribution in [-0.2, 0) is 22.5 Å². The van der Waals surface area contributed by atoms with Gasteiger partial charge in [0.05, 0.1) is 0 Å². The summed E-state index contributed by atoms with van der Waals surface area (Å²) in [6.07, 6.45) is 1.72. The predicted molar refractivity (Wildman–Crippen MR) is 117 cm³/mol. The van der Waals surface area contributed by atoms with Crippen LogP contribution in [0.25, 0.3) is 11.1 Å². The average Bonchev–Trinajstić information content (AvgIpc) is 3.08. The van der Waals surface area contributed by atoms with Crippen LogP contribution in [0.5, 0.6) is 0 Å². The Morgan fingerprint density at radius 1 is 0.793 bits per heavy atom. The van der Waals surface area contributed by atoms with E-state index in [1.165, 1.54) is 0 Å². The molecule has 0 saturated heterocycles. The minimum Gasteiger partial charge on any atom is -0.385 e. The monoisotopic (exact) mass is 384 g/mol. The van der Waals surface area contributed by atoms with Crippen molar-refractivity contribution in [2.45, 2.75) is 26.7 Å². The summed E-state index contributed by atoms with van der Waals surface area (Å²) in [7, 11) is 0. The Balaban J connectivity index is 1.51. The highest BCUT2D eigenvalue weighted by atomic mass is 16.6. The van der Waals surface area contributed by atoms with E-state index in [1.54, 1.807) is 0 Å². The molecule has 1 aliphatic carbocycles. The lowest BCUT2D eigenvalue weighted by atomic mass is 10.0. The molecule has 0 aliphatic heterocycles. The summed E-state index contributed by atoms with van der Waals surface area (Å²) < 4.78 is 0. The van der Waals surface area contributed by atoms with E-state index >= 15 is 0 Å². The number of para-hydroxylation sites is 1. The molecule has 4 nitrogen and oxygen atoms in total. The van der Waals surface area contributed by atoms with E-state index in [-0.39, 0.29) is 12.5 Å². The number of hydrogen-bond donors (Lipinski definition) is 1. The molecular weight excluding hydrogens is 360 g/mol. The van der Waals surface area contributed by atoms with Crippen LogP contribution in [0.4, 0.5) is 5.69 Å². The van der Waals surface area contributed by atoms with Gasteiger partial charge in [-0.25, -0.2) is 0 Å². The van der Waals surface area contributed by atoms with Gasteiger partial charge in [-0.05, 0) is 35.1 Å². The minimum absolute atomic E-state index is 0.130. The van der Waals surface area contributed by atoms with E-state index in [0.29, 0.717) is 0 Å². The first kappa shape index (κ1) is 18.9. The molecule has 0 heterocycles. The Labute approximate surface area is 171 Å². The number of fused-ring (bicyclic) bond motifs is 3. The van der Waals surface area contributed by atoms with Crippen LogP contribution < -0.4 is 5.32 Å². The number of carbonyl (C=O) groups excluding carboxylic acids is 1. The molecule has 0 saturated carbocycles. The topological polar surface area (TPSA) is 50.7 Å². The van der Waals surface area contributed by atoms with Crippen molar-refractivity contribution < 1.29 is 9.63 Å². The molecule has 0 radical (unpaired) electrons. The van der Waals surface area contributed by atoms with E-state index in [4.69, 9.17) is 4.84 Å². The van der Waals surface area contributed by atoms with Crippen molar-refractivity contribution >= 4 is 17.3 Å². The summed E-state index contributed by atoms with van der Waals surface area (Å²) in [5.74, 6) is -0.204. The van der Waals surface area contributed by atoms with Crippen LogP contribution in [0.1, 0.15) is 36.1 Å². The van der Waals surface area contributed by atoms with Crippen LogP contribution in [-0.4, -0.2) is 18.2 Å². The number of anilines is 1. The van der Waals surface area contributed by atoms with E-state index in [9.17, 15) is 4.79 Å². The first-order chi connectivity index (χ1) is 14.2. The second-order valence-electron chi connectivity index (χ2n) is 7.01. The molecule has 1 amide bonds. The van der Waals surface area contributed by atoms with Gasteiger partial charge in [-0.1, -0.05) is 85.7 Å². The van der Waals surface area contributed by atoms with Crippen LogP contribution in [0.15, 0.2) is 71.9 Å². The molecule has 1 aliphatic rings. The van der Waals surface area contributed by atoms with Crippen molar-refractivity contribution in [1.82, 2.24) is 0 Å². The second-order valence-corrected chi connectivity index (χ2v) is 7.01. The number of hydrogen-bond acceptors (Lipinski definition) is 3. The van der Waals surface area contributed by atoms with Gasteiger partial charge >= 0.3 is 0 Å². The van der Waals surface area contributed by atoms with Crippen LogP contribution in [0.3, 0.4) is 0 Å². The number of amides is 1. The summed E-state index contributed by atoms with van der Waals surface area (Å²) in [6, 6.07) is 22.4. The Morgan fingerprint density at radius 3 is 1.83 bits per heavy atom. The third-order valence-electron chi connectivity index (χ3n) is 5.27. The fourth-order valence-electron chi connectivity index (χ4n) is 3.83. The number of aryl methyl sites for hydroxylation is 2. The fourth-order valence-corrected chi connectivity index (χ4v) is 3.83. The maximum Gasteiger partial charge on any atom is 0.265 e. The summed E-state index contributed by atoms with van der Waals surface area (Å²) in [4.78, 5) is 18.0. The molecular formula is C25H24N2O2. The molecule has 1 N–H and O–H groups in total. The minimum atomic E-state index is -0.204. The van der Waals surface area contributed by atoms with E-state index < -0.39 is 0 Å². The molecule has 3 aromatic rings. The van der Waals surface area contributed by atoms with Gasteiger partial charge in [0.2, 0.25) is 0 Å². The van der Waals surface area contributed by atoms with Crippen molar-refractivity contribution in [2.75, 3.05) is 11.9 Å². The summed E-state index contributed by atoms with van der Waals surface area (Å²) in [6.45, 7) is 4.04. The van der Waals surface area contributed by atoms with Crippen molar-refractivity contribution in [3.05, 3.63) is 89.0 Å². The zero-order valence-electron chi connectivity index (χ0n) is 16.7. The average molecular weight is 384 g/mol. The zero-order chi connectivity index (χ0) is 20.2. The fraction of sp³-hybridized carbons (Fsp3) is 0.200.